The van der Waals surface area contributed by atoms with Gasteiger partial charge < -0.3 is 9.88 Å². The van der Waals surface area contributed by atoms with Gasteiger partial charge >= 0.3 is 0 Å². The number of benzene rings is 2. The summed E-state index contributed by atoms with van der Waals surface area (Å²) in [6.45, 7) is 1.18. The number of hydrogen-bond donors (Lipinski definition) is 1. The van der Waals surface area contributed by atoms with Gasteiger partial charge in [-0.3, -0.25) is 14.9 Å². The summed E-state index contributed by atoms with van der Waals surface area (Å²) in [6, 6.07) is 16.2. The van der Waals surface area contributed by atoms with Gasteiger partial charge in [0.2, 0.25) is 5.91 Å². The number of hydrogen-bond acceptors (Lipinski definition) is 4. The Morgan fingerprint density at radius 3 is 2.79 bits per heavy atom. The topological polar surface area (TPSA) is 90.1 Å². The van der Waals surface area contributed by atoms with Crippen LogP contribution in [0.25, 0.3) is 6.08 Å². The smallest absolute Gasteiger partial charge is 0.270 e. The first-order valence-electron chi connectivity index (χ1n) is 8.86. The highest BCUT2D eigenvalue weighted by Gasteiger charge is 2.06. The van der Waals surface area contributed by atoms with Crippen LogP contribution in [0.2, 0.25) is 0 Å². The predicted molar refractivity (Wildman–Crippen MR) is 107 cm³/mol. The lowest BCUT2D eigenvalue weighted by Crippen LogP contribution is -2.24. The normalized spacial score (nSPS) is 10.9. The summed E-state index contributed by atoms with van der Waals surface area (Å²) in [6.07, 6.45) is 7.21. The Labute approximate surface area is 162 Å². The Balaban J connectivity index is 1.50. The minimum Gasteiger partial charge on any atom is -0.352 e. The van der Waals surface area contributed by atoms with Gasteiger partial charge in [-0.1, -0.05) is 42.5 Å². The molecule has 1 heterocycles. The molecule has 0 aliphatic heterocycles. The average Bonchev–Trinajstić information content (AvgIpc) is 3.14. The molecule has 1 aromatic heterocycles. The number of imidazole rings is 1. The summed E-state index contributed by atoms with van der Waals surface area (Å²) in [5.74, 6) is 0.638. The van der Waals surface area contributed by atoms with Crippen LogP contribution < -0.4 is 5.32 Å². The Morgan fingerprint density at radius 2 is 2.00 bits per heavy atom. The van der Waals surface area contributed by atoms with Gasteiger partial charge in [0.05, 0.1) is 4.92 Å². The van der Waals surface area contributed by atoms with Crippen LogP contribution in [0.15, 0.2) is 73.1 Å². The number of non-ortho nitro benzene ring substituents is 1. The van der Waals surface area contributed by atoms with Gasteiger partial charge in [0.25, 0.3) is 5.69 Å². The molecule has 0 saturated carbocycles. The second kappa shape index (κ2) is 9.27. The van der Waals surface area contributed by atoms with Crippen LogP contribution in [0, 0.1) is 10.1 Å². The van der Waals surface area contributed by atoms with Crippen molar-refractivity contribution in [1.82, 2.24) is 14.9 Å². The van der Waals surface area contributed by atoms with Gasteiger partial charge in [-0.2, -0.15) is 0 Å². The molecule has 0 unspecified atom stereocenters. The summed E-state index contributed by atoms with van der Waals surface area (Å²) in [5, 5.41) is 13.6. The van der Waals surface area contributed by atoms with Gasteiger partial charge in [0, 0.05) is 50.1 Å². The van der Waals surface area contributed by atoms with Gasteiger partial charge in [0.1, 0.15) is 5.82 Å². The summed E-state index contributed by atoms with van der Waals surface area (Å²) in [7, 11) is 0. The summed E-state index contributed by atoms with van der Waals surface area (Å²) in [5.41, 5.74) is 1.78. The molecule has 3 aromatic rings. The first kappa shape index (κ1) is 19.0. The maximum absolute atomic E-state index is 12.0. The average molecular weight is 376 g/mol. The largest absolute Gasteiger partial charge is 0.352 e. The Morgan fingerprint density at radius 1 is 1.18 bits per heavy atom. The molecule has 0 atom stereocenters. The van der Waals surface area contributed by atoms with E-state index in [2.05, 4.69) is 27.0 Å². The maximum atomic E-state index is 12.0. The van der Waals surface area contributed by atoms with Gasteiger partial charge in [-0.05, 0) is 17.2 Å². The van der Waals surface area contributed by atoms with Crippen molar-refractivity contribution in [3.8, 4) is 0 Å². The molecule has 0 aliphatic carbocycles. The zero-order chi connectivity index (χ0) is 19.8. The molecule has 0 bridgehead atoms. The summed E-state index contributed by atoms with van der Waals surface area (Å²) >= 11 is 0. The van der Waals surface area contributed by atoms with E-state index in [0.29, 0.717) is 18.5 Å². The monoisotopic (exact) mass is 376 g/mol. The number of nitrogens with zero attached hydrogens (tertiary/aromatic N) is 3. The fraction of sp³-hybridized carbons (Fsp3) is 0.143. The third-order valence-corrected chi connectivity index (χ3v) is 4.15. The van der Waals surface area contributed by atoms with Gasteiger partial charge in [-0.15, -0.1) is 0 Å². The van der Waals surface area contributed by atoms with Crippen LogP contribution in [-0.4, -0.2) is 26.9 Å². The molecular weight excluding hydrogens is 356 g/mol. The van der Waals surface area contributed by atoms with Crippen molar-refractivity contribution in [1.29, 1.82) is 0 Å². The third-order valence-electron chi connectivity index (χ3n) is 4.15. The number of nitro benzene ring substituents is 1. The first-order valence-corrected chi connectivity index (χ1v) is 8.86. The molecule has 0 saturated heterocycles. The fourth-order valence-corrected chi connectivity index (χ4v) is 2.76. The third kappa shape index (κ3) is 5.38. The zero-order valence-electron chi connectivity index (χ0n) is 15.2. The molecular formula is C21H20N4O3. The van der Waals surface area contributed by atoms with Crippen molar-refractivity contribution in [3.05, 3.63) is 100 Å². The number of carbonyl (C=O) groups is 1. The standard InChI is InChI=1S/C21H20N4O3/c26-21(10-9-17-7-4-8-19(15-17)25(27)28)23-12-11-20-22-13-14-24(20)16-18-5-2-1-3-6-18/h1-10,13-15H,11-12,16H2,(H,23,26)/b10-9+. The highest BCUT2D eigenvalue weighted by molar-refractivity contribution is 5.91. The Kier molecular flexibility index (Phi) is 6.30. The van der Waals surface area contributed by atoms with Crippen molar-refractivity contribution in [3.63, 3.8) is 0 Å². The molecule has 28 heavy (non-hydrogen) atoms. The highest BCUT2D eigenvalue weighted by Crippen LogP contribution is 2.14. The molecule has 0 spiro atoms. The zero-order valence-corrected chi connectivity index (χ0v) is 15.2. The minimum atomic E-state index is -0.463. The molecule has 3 rings (SSSR count). The van der Waals surface area contributed by atoms with Crippen molar-refractivity contribution in [2.45, 2.75) is 13.0 Å². The summed E-state index contributed by atoms with van der Waals surface area (Å²) in [4.78, 5) is 26.7. The lowest BCUT2D eigenvalue weighted by atomic mass is 10.2. The molecule has 0 aliphatic rings. The second-order valence-corrected chi connectivity index (χ2v) is 6.18. The SMILES string of the molecule is O=C(/C=C/c1cccc([N+](=O)[O-])c1)NCCc1nccn1Cc1ccccc1. The van der Waals surface area contributed by atoms with Crippen LogP contribution in [0.1, 0.15) is 17.0 Å². The van der Waals surface area contributed by atoms with Crippen LogP contribution in [-0.2, 0) is 17.8 Å². The van der Waals surface area contributed by atoms with Crippen molar-refractivity contribution in [2.24, 2.45) is 0 Å². The minimum absolute atomic E-state index is 0.00666. The van der Waals surface area contributed by atoms with Crippen molar-refractivity contribution < 1.29 is 9.72 Å². The first-order chi connectivity index (χ1) is 13.6. The van der Waals surface area contributed by atoms with E-state index in [1.807, 2.05) is 24.4 Å². The van der Waals surface area contributed by atoms with Crippen LogP contribution in [0.5, 0.6) is 0 Å². The Hall–Kier alpha value is -3.74. The molecule has 0 fully saturated rings. The molecule has 142 valence electrons. The highest BCUT2D eigenvalue weighted by atomic mass is 16.6. The van der Waals surface area contributed by atoms with Crippen LogP contribution in [0.4, 0.5) is 5.69 Å². The van der Waals surface area contributed by atoms with E-state index in [0.717, 1.165) is 12.4 Å². The van der Waals surface area contributed by atoms with E-state index in [1.165, 1.54) is 23.8 Å². The van der Waals surface area contributed by atoms with Crippen molar-refractivity contribution >= 4 is 17.7 Å². The fourth-order valence-electron chi connectivity index (χ4n) is 2.76. The lowest BCUT2D eigenvalue weighted by Gasteiger charge is -2.08. The molecule has 0 radical (unpaired) electrons. The number of nitro groups is 1. The molecule has 2 aromatic carbocycles. The van der Waals surface area contributed by atoms with Gasteiger partial charge in [0.15, 0.2) is 0 Å². The van der Waals surface area contributed by atoms with E-state index in [1.54, 1.807) is 24.4 Å². The number of amides is 1. The second-order valence-electron chi connectivity index (χ2n) is 6.18. The molecule has 7 heteroatoms. The van der Waals surface area contributed by atoms with Crippen molar-refractivity contribution in [2.75, 3.05) is 6.54 Å². The Bertz CT molecular complexity index is 980. The van der Waals surface area contributed by atoms with E-state index < -0.39 is 4.92 Å². The number of rotatable bonds is 8. The number of aromatic nitrogens is 2. The molecule has 7 nitrogen and oxygen atoms in total. The molecule has 1 amide bonds. The molecule has 1 N–H and O–H groups in total. The van der Waals surface area contributed by atoms with Crippen LogP contribution in [0.3, 0.4) is 0 Å². The number of carbonyl (C=O) groups excluding carboxylic acids is 1. The van der Waals surface area contributed by atoms with E-state index in [9.17, 15) is 14.9 Å². The number of nitrogens with one attached hydrogen (secondary N) is 1. The quantitative estimate of drug-likeness (QED) is 0.371. The van der Waals surface area contributed by atoms with E-state index in [-0.39, 0.29) is 11.6 Å². The lowest BCUT2D eigenvalue weighted by molar-refractivity contribution is -0.384. The summed E-state index contributed by atoms with van der Waals surface area (Å²) < 4.78 is 2.06. The van der Waals surface area contributed by atoms with E-state index in [4.69, 9.17) is 0 Å². The van der Waals surface area contributed by atoms with E-state index >= 15 is 0 Å². The van der Waals surface area contributed by atoms with Crippen LogP contribution >= 0.6 is 0 Å². The maximum Gasteiger partial charge on any atom is 0.270 e. The van der Waals surface area contributed by atoms with Gasteiger partial charge in [-0.25, -0.2) is 4.98 Å². The predicted octanol–water partition coefficient (Wildman–Crippen LogP) is 3.21.